The van der Waals surface area contributed by atoms with Crippen LogP contribution in [-0.2, 0) is 40.1 Å². The zero-order chi connectivity index (χ0) is 31.5. The highest BCUT2D eigenvalue weighted by molar-refractivity contribution is 5.97. The predicted octanol–water partition coefficient (Wildman–Crippen LogP) is 2.47. The minimum absolute atomic E-state index is 0. The number of rotatable bonds is 12. The molecule has 1 aromatic carbocycles. The van der Waals surface area contributed by atoms with Crippen LogP contribution < -0.4 is 16.8 Å². The maximum absolute atomic E-state index is 14.2. The molecule has 11 nitrogen and oxygen atoms in total. The van der Waals surface area contributed by atoms with Crippen LogP contribution in [0.15, 0.2) is 30.3 Å². The lowest BCUT2D eigenvalue weighted by molar-refractivity contribution is -0.173. The number of nitrogens with one attached hydrogen (secondary N) is 1. The molecule has 3 amide bonds. The quantitative estimate of drug-likeness (QED) is 0.232. The number of ether oxygens (including phenoxy) is 2. The third kappa shape index (κ3) is 8.50. The Morgan fingerprint density at radius 1 is 0.955 bits per heavy atom. The van der Waals surface area contributed by atoms with Gasteiger partial charge in [0.15, 0.2) is 5.92 Å². The minimum atomic E-state index is -1.51. The fourth-order valence-corrected chi connectivity index (χ4v) is 7.53. The first-order valence-corrected chi connectivity index (χ1v) is 15.3. The molecule has 0 aliphatic heterocycles. The van der Waals surface area contributed by atoms with Crippen molar-refractivity contribution in [3.8, 4) is 0 Å². The third-order valence-corrected chi connectivity index (χ3v) is 9.01. The Hall–Kier alpha value is -3.18. The second kappa shape index (κ2) is 14.7. The van der Waals surface area contributed by atoms with E-state index >= 15 is 0 Å². The lowest BCUT2D eigenvalue weighted by Gasteiger charge is -2.58. The average Bonchev–Trinajstić information content (AvgIpc) is 2.93. The zero-order valence-corrected chi connectivity index (χ0v) is 26.8. The summed E-state index contributed by atoms with van der Waals surface area (Å²) in [5, 5.41) is 2.60. The molecule has 12 heteroatoms. The topological polar surface area (TPSA) is 171 Å². The number of esters is 2. The normalized spacial score (nSPS) is 25.5. The molecule has 0 saturated heterocycles. The Morgan fingerprint density at radius 2 is 1.52 bits per heavy atom. The van der Waals surface area contributed by atoms with E-state index < -0.39 is 59.7 Å². The van der Waals surface area contributed by atoms with Gasteiger partial charge in [0.05, 0.1) is 6.54 Å². The highest BCUT2D eigenvalue weighted by Crippen LogP contribution is 2.55. The molecule has 1 aromatic rings. The summed E-state index contributed by atoms with van der Waals surface area (Å²) < 4.78 is 11.1. The number of hydrogen-bond donors (Lipinski definition) is 3. The fraction of sp³-hybridized carbons (Fsp3) is 0.656. The Balaban J connectivity index is 0.00000529. The lowest BCUT2D eigenvalue weighted by Crippen LogP contribution is -2.65. The molecule has 0 spiro atoms. The van der Waals surface area contributed by atoms with Gasteiger partial charge in [0.2, 0.25) is 17.7 Å². The van der Waals surface area contributed by atoms with Crippen LogP contribution in [0.3, 0.4) is 0 Å². The Kier molecular flexibility index (Phi) is 11.8. The number of nitrogens with two attached hydrogens (primary N) is 2. The van der Waals surface area contributed by atoms with Crippen molar-refractivity contribution in [1.29, 1.82) is 0 Å². The van der Waals surface area contributed by atoms with Crippen LogP contribution in [0.25, 0.3) is 0 Å². The van der Waals surface area contributed by atoms with Gasteiger partial charge < -0.3 is 31.2 Å². The number of carbonyl (C=O) groups excluding carboxylic acids is 5. The molecular formula is C32H47ClN4O7. The SMILES string of the molecule is C[C@H](NC(=O)CN)C(=O)N(C1C2CC3CC(C2)CC1C3)[C@H](CC(C(=O)OCc1ccccc1)C(=O)OC(C)(C)C)C(N)=O.Cl. The maximum atomic E-state index is 14.2. The van der Waals surface area contributed by atoms with Crippen LogP contribution in [0.5, 0.6) is 0 Å². The molecular weight excluding hydrogens is 588 g/mol. The first-order valence-electron chi connectivity index (χ1n) is 15.3. The molecule has 3 atom stereocenters. The van der Waals surface area contributed by atoms with Crippen LogP contribution in [-0.4, -0.2) is 64.8 Å². The van der Waals surface area contributed by atoms with Crippen LogP contribution in [0.4, 0.5) is 0 Å². The Morgan fingerprint density at radius 3 is 2.02 bits per heavy atom. The van der Waals surface area contributed by atoms with Crippen molar-refractivity contribution in [2.45, 2.75) is 96.6 Å². The van der Waals surface area contributed by atoms with E-state index in [-0.39, 0.29) is 43.4 Å². The van der Waals surface area contributed by atoms with Gasteiger partial charge in [-0.2, -0.15) is 0 Å². The summed E-state index contributed by atoms with van der Waals surface area (Å²) >= 11 is 0. The van der Waals surface area contributed by atoms with E-state index in [1.807, 2.05) is 6.07 Å². The van der Waals surface area contributed by atoms with Gasteiger partial charge in [0.25, 0.3) is 0 Å². The number of carbonyl (C=O) groups is 5. The maximum Gasteiger partial charge on any atom is 0.320 e. The summed E-state index contributed by atoms with van der Waals surface area (Å²) in [6.07, 6.45) is 4.53. The van der Waals surface area contributed by atoms with Gasteiger partial charge in [-0.1, -0.05) is 30.3 Å². The van der Waals surface area contributed by atoms with E-state index in [9.17, 15) is 24.0 Å². The zero-order valence-electron chi connectivity index (χ0n) is 26.0. The Labute approximate surface area is 265 Å². The molecule has 5 rings (SSSR count). The third-order valence-electron chi connectivity index (χ3n) is 9.01. The molecule has 44 heavy (non-hydrogen) atoms. The summed E-state index contributed by atoms with van der Waals surface area (Å²) in [6.45, 7) is 6.18. The predicted molar refractivity (Wildman–Crippen MR) is 165 cm³/mol. The summed E-state index contributed by atoms with van der Waals surface area (Å²) in [7, 11) is 0. The second-order valence-corrected chi connectivity index (χ2v) is 13.5. The minimum Gasteiger partial charge on any atom is -0.460 e. The molecule has 4 aliphatic carbocycles. The molecule has 4 saturated carbocycles. The number of halogens is 1. The van der Waals surface area contributed by atoms with E-state index in [1.54, 1.807) is 45.0 Å². The van der Waals surface area contributed by atoms with Gasteiger partial charge in [-0.3, -0.25) is 24.0 Å². The Bertz CT molecular complexity index is 1180. The van der Waals surface area contributed by atoms with Crippen LogP contribution in [0, 0.1) is 29.6 Å². The first-order chi connectivity index (χ1) is 20.3. The van der Waals surface area contributed by atoms with Crippen molar-refractivity contribution >= 4 is 42.1 Å². The van der Waals surface area contributed by atoms with Crippen LogP contribution >= 0.6 is 12.4 Å². The van der Waals surface area contributed by atoms with Gasteiger partial charge in [0.1, 0.15) is 24.3 Å². The van der Waals surface area contributed by atoms with Crippen LogP contribution in [0.1, 0.15) is 71.8 Å². The van der Waals surface area contributed by atoms with Crippen molar-refractivity contribution in [2.24, 2.45) is 41.1 Å². The van der Waals surface area contributed by atoms with E-state index in [0.717, 1.165) is 31.2 Å². The summed E-state index contributed by atoms with van der Waals surface area (Å²) in [5.41, 5.74) is 11.3. The largest absolute Gasteiger partial charge is 0.460 e. The molecule has 244 valence electrons. The van der Waals surface area contributed by atoms with Crippen LogP contribution in [0.2, 0.25) is 0 Å². The molecule has 0 aromatic heterocycles. The standard InChI is InChI=1S/C32H46N4O7.ClH/c1-18(35-26(37)16-33)29(39)36(27-22-11-20-10-21(13-22)14-23(27)12-20)25(28(34)38)15-24(31(41)43-32(2,3)4)30(40)42-17-19-8-6-5-7-9-19;/h5-9,18,20-25,27H,10-17,33H2,1-4H3,(H2,34,38)(H,35,37);1H/t18-,20?,21?,22?,23?,24?,25+,27?;/m0./s1. The van der Waals surface area contributed by atoms with E-state index in [1.165, 1.54) is 18.2 Å². The molecule has 4 bridgehead atoms. The summed E-state index contributed by atoms with van der Waals surface area (Å²) in [4.78, 5) is 68.0. The highest BCUT2D eigenvalue weighted by Gasteiger charge is 2.54. The van der Waals surface area contributed by atoms with Gasteiger partial charge in [-0.25, -0.2) is 0 Å². The molecule has 0 radical (unpaired) electrons. The van der Waals surface area contributed by atoms with Gasteiger partial charge in [-0.15, -0.1) is 12.4 Å². The molecule has 4 fully saturated rings. The molecule has 4 aliphatic rings. The molecule has 1 unspecified atom stereocenters. The lowest BCUT2D eigenvalue weighted by atomic mass is 9.53. The average molecular weight is 635 g/mol. The molecule has 5 N–H and O–H groups in total. The van der Waals surface area contributed by atoms with E-state index in [4.69, 9.17) is 20.9 Å². The van der Waals surface area contributed by atoms with Gasteiger partial charge in [0, 0.05) is 12.5 Å². The number of benzene rings is 1. The van der Waals surface area contributed by atoms with E-state index in [0.29, 0.717) is 11.8 Å². The molecule has 0 heterocycles. The summed E-state index contributed by atoms with van der Waals surface area (Å²) in [5.74, 6) is -3.62. The van der Waals surface area contributed by atoms with Crippen molar-refractivity contribution < 1.29 is 33.4 Å². The van der Waals surface area contributed by atoms with Crippen molar-refractivity contribution in [3.05, 3.63) is 35.9 Å². The smallest absolute Gasteiger partial charge is 0.320 e. The monoisotopic (exact) mass is 634 g/mol. The van der Waals surface area contributed by atoms with E-state index in [2.05, 4.69) is 5.32 Å². The fourth-order valence-electron chi connectivity index (χ4n) is 7.53. The first kappa shape index (κ1) is 35.3. The number of primary amides is 1. The van der Waals surface area contributed by atoms with Gasteiger partial charge in [-0.05, 0) is 89.0 Å². The van der Waals surface area contributed by atoms with Crippen molar-refractivity contribution in [3.63, 3.8) is 0 Å². The number of amides is 3. The van der Waals surface area contributed by atoms with Gasteiger partial charge >= 0.3 is 11.9 Å². The second-order valence-electron chi connectivity index (χ2n) is 13.5. The number of hydrogen-bond acceptors (Lipinski definition) is 8. The highest BCUT2D eigenvalue weighted by atomic mass is 35.5. The number of nitrogens with zero attached hydrogens (tertiary/aromatic N) is 1. The van der Waals surface area contributed by atoms with Crippen molar-refractivity contribution in [2.75, 3.05) is 6.54 Å². The van der Waals surface area contributed by atoms with Crippen molar-refractivity contribution in [1.82, 2.24) is 10.2 Å². The summed E-state index contributed by atoms with van der Waals surface area (Å²) in [6, 6.07) is 6.38.